The predicted molar refractivity (Wildman–Crippen MR) is 129 cm³/mol. The Hall–Kier alpha value is -2.49. The van der Waals surface area contributed by atoms with Crippen molar-refractivity contribution < 1.29 is 24.2 Å². The summed E-state index contributed by atoms with van der Waals surface area (Å²) in [6.45, 7) is 10.5. The fourth-order valence-corrected chi connectivity index (χ4v) is 5.84. The second-order valence-electron chi connectivity index (χ2n) is 9.28. The highest BCUT2D eigenvalue weighted by Gasteiger charge is 2.47. The second-order valence-corrected chi connectivity index (χ2v) is 10.8. The molecule has 3 N–H and O–H groups in total. The normalized spacial score (nSPS) is 17.2. The summed E-state index contributed by atoms with van der Waals surface area (Å²) in [4.78, 5) is 25.7. The van der Waals surface area contributed by atoms with Gasteiger partial charge in [0, 0.05) is 16.4 Å². The molecule has 0 radical (unpaired) electrons. The van der Waals surface area contributed by atoms with Crippen molar-refractivity contribution >= 4 is 45.5 Å². The van der Waals surface area contributed by atoms with Crippen LogP contribution in [0.3, 0.4) is 0 Å². The number of methoxy groups -OCH3 is 1. The number of fused-ring (bicyclic) bond motifs is 1. The summed E-state index contributed by atoms with van der Waals surface area (Å²) < 4.78 is 11.2. The molecular weight excluding hydrogens is 448 g/mol. The molecule has 0 saturated carbocycles. The van der Waals surface area contributed by atoms with E-state index in [2.05, 4.69) is 31.4 Å². The Balaban J connectivity index is 1.91. The lowest BCUT2D eigenvalue weighted by Crippen LogP contribution is -2.43. The lowest BCUT2D eigenvalue weighted by Gasteiger charge is -2.46. The molecule has 7 nitrogen and oxygen atoms in total. The number of hydrogen-bond donors (Lipinski definition) is 3. The van der Waals surface area contributed by atoms with Crippen LogP contribution in [-0.4, -0.2) is 34.8 Å². The van der Waals surface area contributed by atoms with Crippen molar-refractivity contribution in [3.8, 4) is 5.75 Å². The molecule has 1 aromatic heterocycles. The molecule has 1 atom stereocenters. The molecule has 1 amide bonds. The molecule has 0 bridgehead atoms. The molecule has 0 spiro atoms. The van der Waals surface area contributed by atoms with Crippen LogP contribution in [0.5, 0.6) is 5.75 Å². The quantitative estimate of drug-likeness (QED) is 0.533. The van der Waals surface area contributed by atoms with Gasteiger partial charge in [0.15, 0.2) is 5.11 Å². The van der Waals surface area contributed by atoms with Crippen LogP contribution in [0.1, 0.15) is 71.7 Å². The standard InChI is InChI=1S/C23H28N2O5S2/c1-22(2,3)17-15-14(11-30-23(17,4)5)32-19(16(15)20(27)28)25-21(31)24-18(26)12-8-7-9-13(10-12)29-6/h7-10,17H,11H2,1-6H3,(H,27,28)(H2,24,25,26,31). The zero-order valence-electron chi connectivity index (χ0n) is 19.0. The van der Waals surface area contributed by atoms with Gasteiger partial charge >= 0.3 is 5.97 Å². The van der Waals surface area contributed by atoms with Gasteiger partial charge in [0.2, 0.25) is 0 Å². The Kier molecular flexibility index (Phi) is 6.65. The largest absolute Gasteiger partial charge is 0.497 e. The first-order valence-corrected chi connectivity index (χ1v) is 11.4. The number of hydrogen-bond acceptors (Lipinski definition) is 6. The predicted octanol–water partition coefficient (Wildman–Crippen LogP) is 5.02. The number of thiocarbonyl (C=S) groups is 1. The molecule has 9 heteroatoms. The van der Waals surface area contributed by atoms with Crippen molar-refractivity contribution in [3.63, 3.8) is 0 Å². The van der Waals surface area contributed by atoms with E-state index in [1.165, 1.54) is 18.4 Å². The number of anilines is 1. The number of nitrogens with one attached hydrogen (secondary N) is 2. The Labute approximate surface area is 197 Å². The van der Waals surface area contributed by atoms with Gasteiger partial charge in [0.05, 0.1) is 24.9 Å². The van der Waals surface area contributed by atoms with Gasteiger partial charge in [0.1, 0.15) is 10.8 Å². The molecule has 2 heterocycles. The number of carbonyl (C=O) groups is 2. The Morgan fingerprint density at radius 1 is 1.31 bits per heavy atom. The van der Waals surface area contributed by atoms with Gasteiger partial charge in [-0.25, -0.2) is 4.79 Å². The van der Waals surface area contributed by atoms with Crippen molar-refractivity contribution in [1.82, 2.24) is 5.32 Å². The molecule has 2 aromatic rings. The number of thiophene rings is 1. The van der Waals surface area contributed by atoms with Crippen LogP contribution in [0.4, 0.5) is 5.00 Å². The molecular formula is C23H28N2O5S2. The molecule has 172 valence electrons. The third-order valence-electron chi connectivity index (χ3n) is 5.45. The van der Waals surface area contributed by atoms with Gasteiger partial charge in [-0.15, -0.1) is 11.3 Å². The number of ether oxygens (including phenoxy) is 2. The zero-order valence-corrected chi connectivity index (χ0v) is 20.6. The topological polar surface area (TPSA) is 96.9 Å². The maximum absolute atomic E-state index is 12.6. The van der Waals surface area contributed by atoms with Crippen LogP contribution >= 0.6 is 23.6 Å². The molecule has 1 aliphatic rings. The van der Waals surface area contributed by atoms with E-state index < -0.39 is 17.5 Å². The van der Waals surface area contributed by atoms with Crippen molar-refractivity contribution in [3.05, 3.63) is 45.8 Å². The molecule has 32 heavy (non-hydrogen) atoms. The van der Waals surface area contributed by atoms with E-state index in [4.69, 9.17) is 21.7 Å². The third-order valence-corrected chi connectivity index (χ3v) is 6.75. The summed E-state index contributed by atoms with van der Waals surface area (Å²) in [6.07, 6.45) is 0. The van der Waals surface area contributed by atoms with Crippen LogP contribution < -0.4 is 15.4 Å². The minimum absolute atomic E-state index is 0.0198. The van der Waals surface area contributed by atoms with E-state index in [-0.39, 0.29) is 22.0 Å². The van der Waals surface area contributed by atoms with Crippen molar-refractivity contribution in [2.75, 3.05) is 12.4 Å². The van der Waals surface area contributed by atoms with E-state index in [1.54, 1.807) is 24.3 Å². The van der Waals surface area contributed by atoms with Crippen molar-refractivity contribution in [2.45, 2.75) is 52.7 Å². The first-order valence-electron chi connectivity index (χ1n) is 10.1. The Morgan fingerprint density at radius 2 is 2.00 bits per heavy atom. The van der Waals surface area contributed by atoms with Gasteiger partial charge in [0.25, 0.3) is 5.91 Å². The van der Waals surface area contributed by atoms with Crippen LogP contribution in [0.15, 0.2) is 24.3 Å². The van der Waals surface area contributed by atoms with Crippen LogP contribution in [0, 0.1) is 5.41 Å². The number of benzene rings is 1. The fourth-order valence-electron chi connectivity index (χ4n) is 4.44. The number of amides is 1. The highest BCUT2D eigenvalue weighted by molar-refractivity contribution is 7.80. The van der Waals surface area contributed by atoms with Crippen molar-refractivity contribution in [1.29, 1.82) is 0 Å². The van der Waals surface area contributed by atoms with Crippen molar-refractivity contribution in [2.24, 2.45) is 5.41 Å². The van der Waals surface area contributed by atoms with Gasteiger partial charge in [-0.1, -0.05) is 26.8 Å². The highest BCUT2D eigenvalue weighted by Crippen LogP contribution is 2.53. The summed E-state index contributed by atoms with van der Waals surface area (Å²) in [6, 6.07) is 6.67. The minimum atomic E-state index is -1.04. The smallest absolute Gasteiger partial charge is 0.339 e. The summed E-state index contributed by atoms with van der Waals surface area (Å²) in [5.41, 5.74) is 0.562. The Bertz CT molecular complexity index is 1070. The summed E-state index contributed by atoms with van der Waals surface area (Å²) in [5.74, 6) is -1.06. The molecule has 1 aliphatic heterocycles. The lowest BCUT2D eigenvalue weighted by atomic mass is 9.66. The van der Waals surface area contributed by atoms with Crippen LogP contribution in [-0.2, 0) is 11.3 Å². The van der Waals surface area contributed by atoms with Gasteiger partial charge in [-0.05, 0) is 55.2 Å². The van der Waals surface area contributed by atoms with E-state index in [1.807, 2.05) is 13.8 Å². The van der Waals surface area contributed by atoms with Gasteiger partial charge in [-0.3, -0.25) is 10.1 Å². The first kappa shape index (κ1) is 24.2. The molecule has 1 unspecified atom stereocenters. The SMILES string of the molecule is COc1cccc(C(=O)NC(=S)Nc2sc3c(c2C(=O)O)C(C(C)(C)C)C(C)(C)OC3)c1. The van der Waals surface area contributed by atoms with Gasteiger partial charge < -0.3 is 19.9 Å². The molecule has 3 rings (SSSR count). The second kappa shape index (κ2) is 8.80. The third kappa shape index (κ3) is 4.79. The maximum atomic E-state index is 12.6. The number of rotatable bonds is 4. The fraction of sp³-hybridized carbons (Fsp3) is 0.435. The van der Waals surface area contributed by atoms with E-state index in [0.717, 1.165) is 10.4 Å². The summed E-state index contributed by atoms with van der Waals surface area (Å²) in [5, 5.41) is 16.0. The summed E-state index contributed by atoms with van der Waals surface area (Å²) >= 11 is 6.61. The number of carboxylic acid groups (broad SMARTS) is 1. The molecule has 0 saturated heterocycles. The van der Waals surface area contributed by atoms with Crippen LogP contribution in [0.2, 0.25) is 0 Å². The molecule has 0 fully saturated rings. The monoisotopic (exact) mass is 476 g/mol. The average Bonchev–Trinajstić information content (AvgIpc) is 3.03. The Morgan fingerprint density at radius 3 is 2.59 bits per heavy atom. The number of aromatic carboxylic acids is 1. The lowest BCUT2D eigenvalue weighted by molar-refractivity contribution is -0.0843. The van der Waals surface area contributed by atoms with E-state index in [0.29, 0.717) is 22.9 Å². The van der Waals surface area contributed by atoms with E-state index in [9.17, 15) is 14.7 Å². The highest BCUT2D eigenvalue weighted by atomic mass is 32.1. The van der Waals surface area contributed by atoms with E-state index >= 15 is 0 Å². The average molecular weight is 477 g/mol. The summed E-state index contributed by atoms with van der Waals surface area (Å²) in [7, 11) is 1.52. The van der Waals surface area contributed by atoms with Crippen LogP contribution in [0.25, 0.3) is 0 Å². The molecule has 1 aromatic carbocycles. The van der Waals surface area contributed by atoms with Gasteiger partial charge in [-0.2, -0.15) is 0 Å². The minimum Gasteiger partial charge on any atom is -0.497 e. The number of carbonyl (C=O) groups excluding carboxylic acids is 1. The zero-order chi connectivity index (χ0) is 23.8. The maximum Gasteiger partial charge on any atom is 0.339 e. The molecule has 0 aliphatic carbocycles. The number of carboxylic acids is 1. The first-order chi connectivity index (χ1) is 14.8.